The van der Waals surface area contributed by atoms with Gasteiger partial charge in [-0.05, 0) is 21.0 Å². The first kappa shape index (κ1) is 14.1. The Bertz CT molecular complexity index is 537. The van der Waals surface area contributed by atoms with Crippen LogP contribution in [0.3, 0.4) is 0 Å². The molecule has 0 spiro atoms. The van der Waals surface area contributed by atoms with Crippen molar-refractivity contribution in [2.45, 2.75) is 13.0 Å². The first-order chi connectivity index (χ1) is 9.58. The monoisotopic (exact) mass is 277 g/mol. The predicted octanol–water partition coefficient (Wildman–Crippen LogP) is -0.144. The van der Waals surface area contributed by atoms with Gasteiger partial charge in [0.1, 0.15) is 12.7 Å². The predicted molar refractivity (Wildman–Crippen MR) is 75.9 cm³/mol. The molecule has 0 saturated heterocycles. The second-order valence-corrected chi connectivity index (χ2v) is 4.68. The Morgan fingerprint density at radius 3 is 2.60 bits per heavy atom. The molecule has 0 aromatic carbocycles. The van der Waals surface area contributed by atoms with Crippen molar-refractivity contribution in [1.82, 2.24) is 34.6 Å². The van der Waals surface area contributed by atoms with Crippen molar-refractivity contribution in [2.24, 2.45) is 0 Å². The molecule has 0 radical (unpaired) electrons. The molecule has 0 fully saturated rings. The van der Waals surface area contributed by atoms with Gasteiger partial charge in [-0.1, -0.05) is 0 Å². The fourth-order valence-electron chi connectivity index (χ4n) is 1.77. The van der Waals surface area contributed by atoms with Crippen molar-refractivity contribution in [1.29, 1.82) is 0 Å². The highest BCUT2D eigenvalue weighted by Crippen LogP contribution is 2.09. The molecule has 108 valence electrons. The Morgan fingerprint density at radius 1 is 1.25 bits per heavy atom. The van der Waals surface area contributed by atoms with Crippen molar-refractivity contribution in [2.75, 3.05) is 38.3 Å². The van der Waals surface area contributed by atoms with Crippen LogP contribution in [0.15, 0.2) is 12.7 Å². The molecule has 0 aliphatic heterocycles. The molecule has 2 aromatic heterocycles. The Hall–Kier alpha value is -2.29. The maximum atomic E-state index is 4.34. The zero-order valence-electron chi connectivity index (χ0n) is 12.1. The normalized spacial score (nSPS) is 12.4. The van der Waals surface area contributed by atoms with E-state index >= 15 is 0 Å². The topological polar surface area (TPSA) is 96.7 Å². The first-order valence-corrected chi connectivity index (χ1v) is 6.28. The third kappa shape index (κ3) is 3.60. The number of hydrogen-bond acceptors (Lipinski definition) is 8. The number of aromatic nitrogens is 6. The molecule has 9 nitrogen and oxygen atoms in total. The first-order valence-electron chi connectivity index (χ1n) is 6.28. The molecule has 2 N–H and O–H groups in total. The van der Waals surface area contributed by atoms with Crippen LogP contribution < -0.4 is 10.6 Å². The number of nitrogens with one attached hydrogen (secondary N) is 2. The third-order valence-electron chi connectivity index (χ3n) is 2.49. The average molecular weight is 277 g/mol. The van der Waals surface area contributed by atoms with Crippen molar-refractivity contribution in [3.8, 4) is 5.95 Å². The largest absolute Gasteiger partial charge is 0.357 e. The highest BCUT2D eigenvalue weighted by Gasteiger charge is 2.10. The maximum Gasteiger partial charge on any atom is 0.258 e. The molecular weight excluding hydrogens is 258 g/mol. The van der Waals surface area contributed by atoms with Gasteiger partial charge < -0.3 is 15.5 Å². The van der Waals surface area contributed by atoms with E-state index in [1.54, 1.807) is 13.4 Å². The number of hydrogen-bond donors (Lipinski definition) is 2. The molecule has 2 heterocycles. The van der Waals surface area contributed by atoms with Gasteiger partial charge in [0.15, 0.2) is 0 Å². The van der Waals surface area contributed by atoms with E-state index < -0.39 is 0 Å². The van der Waals surface area contributed by atoms with Gasteiger partial charge in [-0.2, -0.15) is 24.7 Å². The van der Waals surface area contributed by atoms with Crippen LogP contribution in [0.25, 0.3) is 5.95 Å². The molecule has 9 heteroatoms. The molecule has 0 amide bonds. The van der Waals surface area contributed by atoms with Gasteiger partial charge in [0, 0.05) is 19.6 Å². The van der Waals surface area contributed by atoms with E-state index in [9.17, 15) is 0 Å². The van der Waals surface area contributed by atoms with Gasteiger partial charge in [-0.25, -0.2) is 4.98 Å². The lowest BCUT2D eigenvalue weighted by Crippen LogP contribution is -2.30. The van der Waals surface area contributed by atoms with Gasteiger partial charge in [-0.15, -0.1) is 0 Å². The van der Waals surface area contributed by atoms with E-state index in [0.717, 1.165) is 6.54 Å². The van der Waals surface area contributed by atoms with Gasteiger partial charge in [0.25, 0.3) is 5.95 Å². The molecule has 0 saturated carbocycles. The van der Waals surface area contributed by atoms with E-state index in [1.807, 2.05) is 14.1 Å². The Balaban J connectivity index is 2.22. The van der Waals surface area contributed by atoms with Crippen LogP contribution in [0.2, 0.25) is 0 Å². The van der Waals surface area contributed by atoms with Crippen LogP contribution in [0, 0.1) is 0 Å². The van der Waals surface area contributed by atoms with Crippen LogP contribution in [-0.4, -0.2) is 68.3 Å². The zero-order valence-corrected chi connectivity index (χ0v) is 12.1. The van der Waals surface area contributed by atoms with E-state index in [4.69, 9.17) is 0 Å². The summed E-state index contributed by atoms with van der Waals surface area (Å²) in [6, 6.07) is 0.209. The minimum absolute atomic E-state index is 0.209. The van der Waals surface area contributed by atoms with Gasteiger partial charge >= 0.3 is 0 Å². The van der Waals surface area contributed by atoms with Crippen molar-refractivity contribution in [3.63, 3.8) is 0 Å². The Morgan fingerprint density at radius 2 is 2.00 bits per heavy atom. The summed E-state index contributed by atoms with van der Waals surface area (Å²) in [5.74, 6) is 1.40. The maximum absolute atomic E-state index is 4.34. The Kier molecular flexibility index (Phi) is 4.41. The molecule has 0 aliphatic carbocycles. The molecule has 1 atom stereocenters. The molecule has 2 aromatic rings. The number of nitrogens with zero attached hydrogens (tertiary/aromatic N) is 7. The van der Waals surface area contributed by atoms with Crippen LogP contribution in [0.5, 0.6) is 0 Å². The van der Waals surface area contributed by atoms with Gasteiger partial charge in [-0.3, -0.25) is 0 Å². The van der Waals surface area contributed by atoms with Crippen LogP contribution in [-0.2, 0) is 0 Å². The average Bonchev–Trinajstić information content (AvgIpc) is 2.91. The molecular formula is C11H19N9. The van der Waals surface area contributed by atoms with E-state index in [1.165, 1.54) is 11.0 Å². The lowest BCUT2D eigenvalue weighted by molar-refractivity contribution is 0.391. The van der Waals surface area contributed by atoms with Crippen molar-refractivity contribution >= 4 is 11.9 Å². The number of anilines is 2. The summed E-state index contributed by atoms with van der Waals surface area (Å²) in [6.07, 6.45) is 2.98. The number of rotatable bonds is 6. The summed E-state index contributed by atoms with van der Waals surface area (Å²) < 4.78 is 1.49. The van der Waals surface area contributed by atoms with E-state index in [0.29, 0.717) is 17.8 Å². The smallest absolute Gasteiger partial charge is 0.258 e. The van der Waals surface area contributed by atoms with Crippen LogP contribution in [0.4, 0.5) is 11.9 Å². The molecule has 0 aliphatic rings. The fourth-order valence-corrected chi connectivity index (χ4v) is 1.77. The lowest BCUT2D eigenvalue weighted by Gasteiger charge is -2.18. The molecule has 2 rings (SSSR count). The standard InChI is InChI=1S/C11H19N9/c1-8(5-19(3)4)15-10-16-9(12-2)17-11(18-10)20-7-13-6-14-20/h6-8H,5H2,1-4H3,(H2,12,15,16,17,18). The lowest BCUT2D eigenvalue weighted by atomic mass is 10.3. The second kappa shape index (κ2) is 6.24. The van der Waals surface area contributed by atoms with Gasteiger partial charge in [0.05, 0.1) is 0 Å². The summed E-state index contributed by atoms with van der Waals surface area (Å²) >= 11 is 0. The second-order valence-electron chi connectivity index (χ2n) is 4.68. The summed E-state index contributed by atoms with van der Waals surface area (Å²) in [7, 11) is 5.80. The Labute approximate surface area is 117 Å². The minimum atomic E-state index is 0.209. The molecule has 20 heavy (non-hydrogen) atoms. The summed E-state index contributed by atoms with van der Waals surface area (Å²) in [5.41, 5.74) is 0. The number of likely N-dealkylation sites (N-methyl/N-ethyl adjacent to an activating group) is 1. The summed E-state index contributed by atoms with van der Waals surface area (Å²) in [5, 5.41) is 10.2. The quantitative estimate of drug-likeness (QED) is 0.753. The van der Waals surface area contributed by atoms with E-state index in [-0.39, 0.29) is 6.04 Å². The summed E-state index contributed by atoms with van der Waals surface area (Å²) in [4.78, 5) is 18.8. The fraction of sp³-hybridized carbons (Fsp3) is 0.545. The SMILES string of the molecule is CNc1nc(NC(C)CN(C)C)nc(-n2cncn2)n1. The highest BCUT2D eigenvalue weighted by molar-refractivity contribution is 5.37. The van der Waals surface area contributed by atoms with Crippen LogP contribution in [0.1, 0.15) is 6.92 Å². The zero-order chi connectivity index (χ0) is 14.5. The van der Waals surface area contributed by atoms with E-state index in [2.05, 4.69) is 47.5 Å². The van der Waals surface area contributed by atoms with Gasteiger partial charge in [0.2, 0.25) is 11.9 Å². The minimum Gasteiger partial charge on any atom is -0.357 e. The van der Waals surface area contributed by atoms with Crippen LogP contribution >= 0.6 is 0 Å². The third-order valence-corrected chi connectivity index (χ3v) is 2.49. The highest BCUT2D eigenvalue weighted by atomic mass is 15.4. The van der Waals surface area contributed by atoms with Crippen molar-refractivity contribution in [3.05, 3.63) is 12.7 Å². The summed E-state index contributed by atoms with van der Waals surface area (Å²) in [6.45, 7) is 2.94. The molecule has 0 bridgehead atoms. The van der Waals surface area contributed by atoms with Crippen molar-refractivity contribution < 1.29 is 0 Å². The molecule has 1 unspecified atom stereocenters.